The molecule has 7 nitrogen and oxygen atoms in total. The standard InChI is InChI=1S/C15H19N5O2S/c1-9-4-6-19(7-5-9)15-18-20-13(22)11(8-16-14(20)23-15)12(21)17-10-2-3-10/h8-10H,2-7H2,1H3,(H,17,21). The van der Waals surface area contributed by atoms with Gasteiger partial charge in [0.2, 0.25) is 10.1 Å². The highest BCUT2D eigenvalue weighted by molar-refractivity contribution is 7.20. The number of aromatic nitrogens is 3. The Kier molecular flexibility index (Phi) is 3.56. The largest absolute Gasteiger partial charge is 0.349 e. The Labute approximate surface area is 137 Å². The molecule has 1 aliphatic heterocycles. The first kappa shape index (κ1) is 14.6. The summed E-state index contributed by atoms with van der Waals surface area (Å²) in [4.78, 5) is 31.6. The number of amides is 1. The molecule has 0 radical (unpaired) electrons. The average Bonchev–Trinajstić information content (AvgIpc) is 3.23. The molecule has 1 saturated carbocycles. The van der Waals surface area contributed by atoms with Gasteiger partial charge < -0.3 is 10.2 Å². The van der Waals surface area contributed by atoms with Gasteiger partial charge in [0.05, 0.1) is 0 Å². The van der Waals surface area contributed by atoms with E-state index < -0.39 is 0 Å². The van der Waals surface area contributed by atoms with Crippen molar-refractivity contribution in [3.8, 4) is 0 Å². The van der Waals surface area contributed by atoms with Crippen molar-refractivity contribution in [1.82, 2.24) is 19.9 Å². The molecule has 8 heteroatoms. The number of anilines is 1. The van der Waals surface area contributed by atoms with E-state index >= 15 is 0 Å². The summed E-state index contributed by atoms with van der Waals surface area (Å²) in [6.07, 6.45) is 5.60. The molecule has 3 heterocycles. The molecule has 2 aliphatic rings. The Morgan fingerprint density at radius 1 is 1.30 bits per heavy atom. The normalized spacial score (nSPS) is 19.3. The maximum atomic E-state index is 12.5. The fourth-order valence-corrected chi connectivity index (χ4v) is 3.66. The van der Waals surface area contributed by atoms with Crippen molar-refractivity contribution >= 4 is 27.3 Å². The number of hydrogen-bond acceptors (Lipinski definition) is 6. The second kappa shape index (κ2) is 5.59. The van der Waals surface area contributed by atoms with E-state index in [-0.39, 0.29) is 23.1 Å². The molecular formula is C15H19N5O2S. The molecule has 0 bridgehead atoms. The Hall–Kier alpha value is -1.96. The van der Waals surface area contributed by atoms with E-state index in [1.165, 1.54) is 22.0 Å². The van der Waals surface area contributed by atoms with Crippen LogP contribution in [-0.2, 0) is 0 Å². The molecule has 1 saturated heterocycles. The predicted molar refractivity (Wildman–Crippen MR) is 88.2 cm³/mol. The number of hydrogen-bond donors (Lipinski definition) is 1. The quantitative estimate of drug-likeness (QED) is 0.915. The Morgan fingerprint density at radius 3 is 2.74 bits per heavy atom. The highest BCUT2D eigenvalue weighted by Crippen LogP contribution is 2.26. The third-order valence-electron chi connectivity index (χ3n) is 4.49. The summed E-state index contributed by atoms with van der Waals surface area (Å²) in [5.74, 6) is 0.389. The third-order valence-corrected chi connectivity index (χ3v) is 5.47. The molecular weight excluding hydrogens is 314 g/mol. The van der Waals surface area contributed by atoms with Crippen LogP contribution in [-0.4, -0.2) is 39.6 Å². The van der Waals surface area contributed by atoms with Crippen LogP contribution in [0, 0.1) is 5.92 Å². The van der Waals surface area contributed by atoms with Gasteiger partial charge in [-0.2, -0.15) is 4.52 Å². The summed E-state index contributed by atoms with van der Waals surface area (Å²) >= 11 is 1.40. The van der Waals surface area contributed by atoms with E-state index in [1.807, 2.05) is 0 Å². The second-order valence-electron chi connectivity index (χ2n) is 6.47. The minimum atomic E-state index is -0.388. The fourth-order valence-electron chi connectivity index (χ4n) is 2.75. The van der Waals surface area contributed by atoms with Crippen LogP contribution in [0.15, 0.2) is 11.0 Å². The molecule has 4 rings (SSSR count). The van der Waals surface area contributed by atoms with Crippen molar-refractivity contribution in [3.63, 3.8) is 0 Å². The van der Waals surface area contributed by atoms with Gasteiger partial charge in [-0.05, 0) is 31.6 Å². The maximum Gasteiger partial charge on any atom is 0.288 e. The first-order valence-electron chi connectivity index (χ1n) is 8.06. The van der Waals surface area contributed by atoms with Crippen molar-refractivity contribution in [3.05, 3.63) is 22.1 Å². The molecule has 1 N–H and O–H groups in total. The van der Waals surface area contributed by atoms with E-state index in [1.54, 1.807) is 0 Å². The van der Waals surface area contributed by atoms with Crippen molar-refractivity contribution in [1.29, 1.82) is 0 Å². The van der Waals surface area contributed by atoms with E-state index in [0.717, 1.165) is 49.8 Å². The molecule has 0 atom stereocenters. The summed E-state index contributed by atoms with van der Waals surface area (Å²) in [6.45, 7) is 4.15. The van der Waals surface area contributed by atoms with Gasteiger partial charge in [-0.1, -0.05) is 18.3 Å². The zero-order valence-electron chi connectivity index (χ0n) is 13.0. The monoisotopic (exact) mass is 333 g/mol. The lowest BCUT2D eigenvalue weighted by molar-refractivity contribution is 0.0949. The lowest BCUT2D eigenvalue weighted by Gasteiger charge is -2.29. The third kappa shape index (κ3) is 2.83. The molecule has 2 aromatic rings. The highest BCUT2D eigenvalue weighted by atomic mass is 32.1. The number of nitrogens with zero attached hydrogens (tertiary/aromatic N) is 4. The van der Waals surface area contributed by atoms with E-state index in [2.05, 4.69) is 27.2 Å². The van der Waals surface area contributed by atoms with E-state index in [9.17, 15) is 9.59 Å². The van der Waals surface area contributed by atoms with E-state index in [4.69, 9.17) is 0 Å². The highest BCUT2D eigenvalue weighted by Gasteiger charge is 2.26. The van der Waals surface area contributed by atoms with Crippen LogP contribution in [0.3, 0.4) is 0 Å². The van der Waals surface area contributed by atoms with Crippen molar-refractivity contribution in [2.75, 3.05) is 18.0 Å². The van der Waals surface area contributed by atoms with Crippen LogP contribution < -0.4 is 15.8 Å². The van der Waals surface area contributed by atoms with Gasteiger partial charge in [0.1, 0.15) is 5.56 Å². The summed E-state index contributed by atoms with van der Waals surface area (Å²) in [5, 5.41) is 8.04. The number of fused-ring (bicyclic) bond motifs is 1. The topological polar surface area (TPSA) is 79.6 Å². The molecule has 2 aromatic heterocycles. The van der Waals surface area contributed by atoms with Gasteiger partial charge >= 0.3 is 0 Å². The van der Waals surface area contributed by atoms with Crippen LogP contribution >= 0.6 is 11.3 Å². The Morgan fingerprint density at radius 2 is 2.04 bits per heavy atom. The van der Waals surface area contributed by atoms with Crippen molar-refractivity contribution in [2.45, 2.75) is 38.6 Å². The summed E-state index contributed by atoms with van der Waals surface area (Å²) in [6, 6.07) is 0.212. The molecule has 0 unspecified atom stereocenters. The minimum Gasteiger partial charge on any atom is -0.349 e. The Balaban J connectivity index is 1.64. The lowest BCUT2D eigenvalue weighted by atomic mass is 10.00. The van der Waals surface area contributed by atoms with Gasteiger partial charge in [-0.25, -0.2) is 4.98 Å². The smallest absolute Gasteiger partial charge is 0.288 e. The first-order chi connectivity index (χ1) is 11.1. The first-order valence-corrected chi connectivity index (χ1v) is 8.88. The number of piperidine rings is 1. The molecule has 1 amide bonds. The van der Waals surface area contributed by atoms with Gasteiger partial charge in [0.15, 0.2) is 0 Å². The van der Waals surface area contributed by atoms with Crippen LogP contribution in [0.2, 0.25) is 0 Å². The average molecular weight is 333 g/mol. The molecule has 1 aliphatic carbocycles. The molecule has 0 spiro atoms. The van der Waals surface area contributed by atoms with Gasteiger partial charge in [0, 0.05) is 25.3 Å². The molecule has 0 aromatic carbocycles. The number of carbonyl (C=O) groups excluding carboxylic acids is 1. The van der Waals surface area contributed by atoms with Crippen molar-refractivity contribution < 1.29 is 4.79 Å². The minimum absolute atomic E-state index is 0.0681. The van der Waals surface area contributed by atoms with Crippen LogP contribution in [0.5, 0.6) is 0 Å². The van der Waals surface area contributed by atoms with Crippen molar-refractivity contribution in [2.24, 2.45) is 5.92 Å². The molecule has 122 valence electrons. The number of rotatable bonds is 3. The van der Waals surface area contributed by atoms with Gasteiger partial charge in [0.25, 0.3) is 11.5 Å². The van der Waals surface area contributed by atoms with Crippen LogP contribution in [0.25, 0.3) is 4.96 Å². The summed E-state index contributed by atoms with van der Waals surface area (Å²) < 4.78 is 1.26. The Bertz CT molecular complexity index is 802. The summed E-state index contributed by atoms with van der Waals surface area (Å²) in [5.41, 5.74) is -0.320. The van der Waals surface area contributed by atoms with Crippen LogP contribution in [0.1, 0.15) is 43.0 Å². The number of nitrogens with one attached hydrogen (secondary N) is 1. The zero-order chi connectivity index (χ0) is 16.0. The number of carbonyl (C=O) groups is 1. The zero-order valence-corrected chi connectivity index (χ0v) is 13.8. The fraction of sp³-hybridized carbons (Fsp3) is 0.600. The summed E-state index contributed by atoms with van der Waals surface area (Å²) in [7, 11) is 0. The lowest BCUT2D eigenvalue weighted by Crippen LogP contribution is -2.34. The molecule has 23 heavy (non-hydrogen) atoms. The second-order valence-corrected chi connectivity index (χ2v) is 7.41. The molecule has 2 fully saturated rings. The van der Waals surface area contributed by atoms with Crippen LogP contribution in [0.4, 0.5) is 5.13 Å². The predicted octanol–water partition coefficient (Wildman–Crippen LogP) is 1.28. The van der Waals surface area contributed by atoms with Gasteiger partial charge in [-0.3, -0.25) is 9.59 Å². The SMILES string of the molecule is CC1CCN(c2nn3c(=O)c(C(=O)NC4CC4)cnc3s2)CC1. The van der Waals surface area contributed by atoms with E-state index in [0.29, 0.717) is 4.96 Å². The maximum absolute atomic E-state index is 12.5. The van der Waals surface area contributed by atoms with Gasteiger partial charge in [-0.15, -0.1) is 5.10 Å².